The maximum Gasteiger partial charge on any atom is 0.238 e. The number of amides is 1. The van der Waals surface area contributed by atoms with Gasteiger partial charge >= 0.3 is 0 Å². The largest absolute Gasteiger partial charge is 0.361 e. The SMILES string of the molecule is CS(=O)(=O)N[C@@H](Cc1c[nH]c2ccccc12)C(=O)NC1CC1. The Kier molecular flexibility index (Phi) is 3.92. The number of rotatable bonds is 6. The summed E-state index contributed by atoms with van der Waals surface area (Å²) in [6, 6.07) is 7.14. The van der Waals surface area contributed by atoms with Crippen molar-refractivity contribution in [2.24, 2.45) is 0 Å². The Labute approximate surface area is 129 Å². The lowest BCUT2D eigenvalue weighted by atomic mass is 10.1. The van der Waals surface area contributed by atoms with Crippen LogP contribution in [0.3, 0.4) is 0 Å². The first-order valence-corrected chi connectivity index (χ1v) is 9.14. The van der Waals surface area contributed by atoms with Gasteiger partial charge in [0.25, 0.3) is 0 Å². The van der Waals surface area contributed by atoms with Crippen molar-refractivity contribution in [3.8, 4) is 0 Å². The summed E-state index contributed by atoms with van der Waals surface area (Å²) in [6.45, 7) is 0. The third-order valence-electron chi connectivity index (χ3n) is 3.70. The van der Waals surface area contributed by atoms with Gasteiger partial charge in [-0.3, -0.25) is 4.79 Å². The molecule has 1 amide bonds. The minimum atomic E-state index is -3.46. The minimum absolute atomic E-state index is 0.194. The van der Waals surface area contributed by atoms with Crippen molar-refractivity contribution >= 4 is 26.8 Å². The number of hydrogen-bond donors (Lipinski definition) is 3. The molecular formula is C15H19N3O3S. The summed E-state index contributed by atoms with van der Waals surface area (Å²) < 4.78 is 25.5. The molecule has 1 aromatic carbocycles. The number of H-pyrrole nitrogens is 1. The van der Waals surface area contributed by atoms with E-state index in [2.05, 4.69) is 15.0 Å². The normalized spacial score (nSPS) is 16.6. The highest BCUT2D eigenvalue weighted by Crippen LogP contribution is 2.21. The first-order chi connectivity index (χ1) is 10.4. The first kappa shape index (κ1) is 15.1. The van der Waals surface area contributed by atoms with E-state index >= 15 is 0 Å². The molecule has 1 heterocycles. The molecule has 1 aliphatic carbocycles. The second-order valence-electron chi connectivity index (χ2n) is 5.79. The molecule has 7 heteroatoms. The van der Waals surface area contributed by atoms with Crippen LogP contribution in [0.5, 0.6) is 0 Å². The van der Waals surface area contributed by atoms with E-state index in [1.165, 1.54) is 0 Å². The van der Waals surface area contributed by atoms with Crippen molar-refractivity contribution in [2.45, 2.75) is 31.3 Å². The Morgan fingerprint density at radius 3 is 2.77 bits per heavy atom. The van der Waals surface area contributed by atoms with Gasteiger partial charge in [-0.15, -0.1) is 0 Å². The van der Waals surface area contributed by atoms with Gasteiger partial charge in [0.1, 0.15) is 6.04 Å². The van der Waals surface area contributed by atoms with Gasteiger partial charge in [0.2, 0.25) is 15.9 Å². The van der Waals surface area contributed by atoms with E-state index in [0.29, 0.717) is 6.42 Å². The second kappa shape index (κ2) is 5.73. The molecule has 0 saturated heterocycles. The van der Waals surface area contributed by atoms with Crippen LogP contribution in [-0.2, 0) is 21.2 Å². The molecule has 6 nitrogen and oxygen atoms in total. The Bertz CT molecular complexity index is 793. The van der Waals surface area contributed by atoms with E-state index < -0.39 is 16.1 Å². The number of fused-ring (bicyclic) bond motifs is 1. The highest BCUT2D eigenvalue weighted by Gasteiger charge is 2.29. The molecule has 0 unspecified atom stereocenters. The summed E-state index contributed by atoms with van der Waals surface area (Å²) >= 11 is 0. The average Bonchev–Trinajstić information content (AvgIpc) is 3.16. The Hall–Kier alpha value is -1.86. The quantitative estimate of drug-likeness (QED) is 0.738. The van der Waals surface area contributed by atoms with Gasteiger partial charge in [-0.05, 0) is 30.9 Å². The van der Waals surface area contributed by atoms with Crippen LogP contribution < -0.4 is 10.0 Å². The van der Waals surface area contributed by atoms with Crippen molar-refractivity contribution in [3.05, 3.63) is 36.0 Å². The summed E-state index contributed by atoms with van der Waals surface area (Å²) in [6.07, 6.45) is 5.14. The number of aromatic nitrogens is 1. The topological polar surface area (TPSA) is 91.1 Å². The number of sulfonamides is 1. The summed E-state index contributed by atoms with van der Waals surface area (Å²) in [7, 11) is -3.46. The molecule has 118 valence electrons. The average molecular weight is 321 g/mol. The summed E-state index contributed by atoms with van der Waals surface area (Å²) in [5, 5.41) is 3.86. The molecule has 3 N–H and O–H groups in total. The standard InChI is InChI=1S/C15H19N3O3S/c1-22(20,21)18-14(15(19)17-11-6-7-11)8-10-9-16-13-5-3-2-4-12(10)13/h2-5,9,11,14,16,18H,6-8H2,1H3,(H,17,19)/t14-/m0/s1. The van der Waals surface area contributed by atoms with E-state index in [-0.39, 0.29) is 11.9 Å². The Morgan fingerprint density at radius 1 is 1.36 bits per heavy atom. The molecule has 2 aromatic rings. The molecule has 1 aromatic heterocycles. The maximum atomic E-state index is 12.3. The highest BCUT2D eigenvalue weighted by atomic mass is 32.2. The van der Waals surface area contributed by atoms with Crippen LogP contribution in [-0.4, -0.2) is 37.6 Å². The molecule has 0 aliphatic heterocycles. The second-order valence-corrected chi connectivity index (χ2v) is 7.57. The maximum absolute atomic E-state index is 12.3. The van der Waals surface area contributed by atoms with Crippen LogP contribution in [0.25, 0.3) is 10.9 Å². The fraction of sp³-hybridized carbons (Fsp3) is 0.400. The lowest BCUT2D eigenvalue weighted by Crippen LogP contribution is -2.48. The zero-order valence-corrected chi connectivity index (χ0v) is 13.1. The van der Waals surface area contributed by atoms with Gasteiger partial charge in [0.15, 0.2) is 0 Å². The first-order valence-electron chi connectivity index (χ1n) is 7.25. The van der Waals surface area contributed by atoms with Crippen molar-refractivity contribution in [1.82, 2.24) is 15.0 Å². The lowest BCUT2D eigenvalue weighted by Gasteiger charge is -2.17. The van der Waals surface area contributed by atoms with Crippen LogP contribution in [0.15, 0.2) is 30.5 Å². The number of para-hydroxylation sites is 1. The summed E-state index contributed by atoms with van der Waals surface area (Å²) in [5.41, 5.74) is 1.89. The fourth-order valence-electron chi connectivity index (χ4n) is 2.50. The van der Waals surface area contributed by atoms with Gasteiger partial charge in [0.05, 0.1) is 6.26 Å². The number of benzene rings is 1. The van der Waals surface area contributed by atoms with Gasteiger partial charge in [-0.25, -0.2) is 13.1 Å². The van der Waals surface area contributed by atoms with Crippen LogP contribution in [0.2, 0.25) is 0 Å². The van der Waals surface area contributed by atoms with Crippen LogP contribution in [0.1, 0.15) is 18.4 Å². The molecule has 22 heavy (non-hydrogen) atoms. The molecule has 0 radical (unpaired) electrons. The lowest BCUT2D eigenvalue weighted by molar-refractivity contribution is -0.122. The van der Waals surface area contributed by atoms with Gasteiger partial charge in [-0.1, -0.05) is 18.2 Å². The van der Waals surface area contributed by atoms with Crippen molar-refractivity contribution < 1.29 is 13.2 Å². The monoisotopic (exact) mass is 321 g/mol. The van der Waals surface area contributed by atoms with E-state index in [0.717, 1.165) is 35.6 Å². The minimum Gasteiger partial charge on any atom is -0.361 e. The van der Waals surface area contributed by atoms with Crippen LogP contribution in [0, 0.1) is 0 Å². The van der Waals surface area contributed by atoms with E-state index in [1.807, 2.05) is 30.5 Å². The van der Waals surface area contributed by atoms with Gasteiger partial charge in [-0.2, -0.15) is 0 Å². The van der Waals surface area contributed by atoms with E-state index in [4.69, 9.17) is 0 Å². The number of carbonyl (C=O) groups excluding carboxylic acids is 1. The smallest absolute Gasteiger partial charge is 0.238 e. The molecule has 0 spiro atoms. The summed E-state index contributed by atoms with van der Waals surface area (Å²) in [5.74, 6) is -0.266. The molecule has 0 bridgehead atoms. The number of hydrogen-bond acceptors (Lipinski definition) is 3. The molecule has 1 atom stereocenters. The third-order valence-corrected chi connectivity index (χ3v) is 4.41. The van der Waals surface area contributed by atoms with Crippen LogP contribution in [0.4, 0.5) is 0 Å². The van der Waals surface area contributed by atoms with Crippen LogP contribution >= 0.6 is 0 Å². The zero-order valence-electron chi connectivity index (χ0n) is 12.3. The number of aromatic amines is 1. The highest BCUT2D eigenvalue weighted by molar-refractivity contribution is 7.88. The molecule has 1 aliphatic rings. The van der Waals surface area contributed by atoms with Crippen molar-refractivity contribution in [2.75, 3.05) is 6.26 Å². The molecule has 3 rings (SSSR count). The number of carbonyl (C=O) groups is 1. The fourth-order valence-corrected chi connectivity index (χ4v) is 3.20. The molecule has 1 saturated carbocycles. The third kappa shape index (κ3) is 3.66. The summed E-state index contributed by atoms with van der Waals surface area (Å²) in [4.78, 5) is 15.4. The van der Waals surface area contributed by atoms with Gasteiger partial charge in [0, 0.05) is 23.1 Å². The predicted octanol–water partition coefficient (Wildman–Crippen LogP) is 0.907. The number of nitrogens with one attached hydrogen (secondary N) is 3. The predicted molar refractivity (Wildman–Crippen MR) is 84.9 cm³/mol. The van der Waals surface area contributed by atoms with Gasteiger partial charge < -0.3 is 10.3 Å². The van der Waals surface area contributed by atoms with E-state index in [1.54, 1.807) is 0 Å². The van der Waals surface area contributed by atoms with Crippen molar-refractivity contribution in [3.63, 3.8) is 0 Å². The molecular weight excluding hydrogens is 302 g/mol. The van der Waals surface area contributed by atoms with Crippen molar-refractivity contribution in [1.29, 1.82) is 0 Å². The Morgan fingerprint density at radius 2 is 2.09 bits per heavy atom. The zero-order chi connectivity index (χ0) is 15.7. The van der Waals surface area contributed by atoms with E-state index in [9.17, 15) is 13.2 Å². The Balaban J connectivity index is 1.83. The molecule has 1 fully saturated rings.